The van der Waals surface area contributed by atoms with E-state index < -0.39 is 6.04 Å². The maximum absolute atomic E-state index is 12.3. The lowest BCUT2D eigenvalue weighted by atomic mass is 10.1. The van der Waals surface area contributed by atoms with Crippen LogP contribution in [0.5, 0.6) is 0 Å². The fourth-order valence-electron chi connectivity index (χ4n) is 2.11. The van der Waals surface area contributed by atoms with Gasteiger partial charge in [-0.1, -0.05) is 48.5 Å². The summed E-state index contributed by atoms with van der Waals surface area (Å²) in [4.78, 5) is 14.0. The molecule has 0 radical (unpaired) electrons. The van der Waals surface area contributed by atoms with Gasteiger partial charge in [0.05, 0.1) is 6.04 Å². The van der Waals surface area contributed by atoms with Crippen LogP contribution < -0.4 is 10.6 Å². The van der Waals surface area contributed by atoms with E-state index in [4.69, 9.17) is 5.73 Å². The lowest BCUT2D eigenvalue weighted by Gasteiger charge is -2.24. The van der Waals surface area contributed by atoms with E-state index in [0.29, 0.717) is 6.54 Å². The van der Waals surface area contributed by atoms with Gasteiger partial charge in [-0.05, 0) is 31.0 Å². The summed E-state index contributed by atoms with van der Waals surface area (Å²) in [7, 11) is 0. The molecular weight excluding hydrogens is 284 g/mol. The predicted molar refractivity (Wildman–Crippen MR) is 89.8 cm³/mol. The molecule has 0 aliphatic heterocycles. The zero-order chi connectivity index (χ0) is 14.4. The molecule has 0 aliphatic carbocycles. The van der Waals surface area contributed by atoms with E-state index in [0.717, 1.165) is 12.1 Å². The Hall–Kier alpha value is -1.84. The summed E-state index contributed by atoms with van der Waals surface area (Å²) in [6.45, 7) is 2.36. The molecule has 2 aromatic carbocycles. The summed E-state index contributed by atoms with van der Waals surface area (Å²) >= 11 is 0. The van der Waals surface area contributed by atoms with Gasteiger partial charge in [0.25, 0.3) is 0 Å². The monoisotopic (exact) mass is 304 g/mol. The van der Waals surface area contributed by atoms with Crippen molar-refractivity contribution in [2.45, 2.75) is 19.4 Å². The predicted octanol–water partition coefficient (Wildman–Crippen LogP) is 3.03. The van der Waals surface area contributed by atoms with Gasteiger partial charge in [-0.3, -0.25) is 4.79 Å². The number of nitrogens with two attached hydrogens (primary N) is 1. The van der Waals surface area contributed by atoms with Crippen molar-refractivity contribution in [2.75, 3.05) is 11.4 Å². The number of hydrogen-bond donors (Lipinski definition) is 1. The van der Waals surface area contributed by atoms with Gasteiger partial charge in [0.15, 0.2) is 0 Å². The van der Waals surface area contributed by atoms with Crippen LogP contribution in [-0.2, 0) is 11.2 Å². The highest BCUT2D eigenvalue weighted by atomic mass is 35.5. The minimum Gasteiger partial charge on any atom is -0.320 e. The van der Waals surface area contributed by atoms with Gasteiger partial charge in [-0.25, -0.2) is 0 Å². The van der Waals surface area contributed by atoms with Gasteiger partial charge >= 0.3 is 0 Å². The van der Waals surface area contributed by atoms with Crippen molar-refractivity contribution in [2.24, 2.45) is 5.73 Å². The number of carbonyl (C=O) groups is 1. The Morgan fingerprint density at radius 3 is 2.10 bits per heavy atom. The van der Waals surface area contributed by atoms with Crippen LogP contribution in [0, 0.1) is 0 Å². The number of carbonyl (C=O) groups excluding carboxylic acids is 1. The van der Waals surface area contributed by atoms with Crippen molar-refractivity contribution in [3.05, 3.63) is 66.2 Å². The van der Waals surface area contributed by atoms with Crippen LogP contribution >= 0.6 is 12.4 Å². The lowest BCUT2D eigenvalue weighted by molar-refractivity contribution is -0.119. The van der Waals surface area contributed by atoms with Crippen LogP contribution in [0.2, 0.25) is 0 Å². The van der Waals surface area contributed by atoms with Crippen LogP contribution in [0.25, 0.3) is 0 Å². The maximum Gasteiger partial charge on any atom is 0.243 e. The summed E-state index contributed by atoms with van der Waals surface area (Å²) in [6, 6.07) is 19.3. The summed E-state index contributed by atoms with van der Waals surface area (Å²) in [5.74, 6) is -0.0490. The Morgan fingerprint density at radius 1 is 1.05 bits per heavy atom. The van der Waals surface area contributed by atoms with E-state index >= 15 is 0 Å². The molecule has 3 nitrogen and oxygen atoms in total. The third-order valence-electron chi connectivity index (χ3n) is 3.19. The Bertz CT molecular complexity index is 543. The molecule has 0 aromatic heterocycles. The molecule has 0 aliphatic rings. The molecule has 1 amide bonds. The first-order valence-corrected chi connectivity index (χ1v) is 6.84. The molecular formula is C17H21ClN2O. The zero-order valence-electron chi connectivity index (χ0n) is 12.1. The Labute approximate surface area is 132 Å². The molecule has 2 aromatic rings. The topological polar surface area (TPSA) is 46.3 Å². The van der Waals surface area contributed by atoms with Crippen molar-refractivity contribution in [3.63, 3.8) is 0 Å². The fraction of sp³-hybridized carbons (Fsp3) is 0.235. The first-order valence-electron chi connectivity index (χ1n) is 6.84. The Balaban J connectivity index is 0.00000220. The second-order valence-electron chi connectivity index (χ2n) is 4.85. The van der Waals surface area contributed by atoms with Crippen molar-refractivity contribution in [1.29, 1.82) is 0 Å². The molecule has 0 spiro atoms. The number of rotatable bonds is 5. The number of hydrogen-bond acceptors (Lipinski definition) is 2. The van der Waals surface area contributed by atoms with Crippen LogP contribution in [-0.4, -0.2) is 18.5 Å². The van der Waals surface area contributed by atoms with E-state index in [1.165, 1.54) is 5.56 Å². The van der Waals surface area contributed by atoms with Gasteiger partial charge in [0.2, 0.25) is 5.91 Å². The molecule has 4 heteroatoms. The molecule has 0 saturated carbocycles. The minimum atomic E-state index is -0.494. The summed E-state index contributed by atoms with van der Waals surface area (Å²) in [5, 5.41) is 0. The highest BCUT2D eigenvalue weighted by Crippen LogP contribution is 2.15. The molecule has 112 valence electrons. The fourth-order valence-corrected chi connectivity index (χ4v) is 2.11. The third kappa shape index (κ3) is 4.88. The zero-order valence-corrected chi connectivity index (χ0v) is 12.9. The van der Waals surface area contributed by atoms with Crippen LogP contribution in [0.3, 0.4) is 0 Å². The van der Waals surface area contributed by atoms with Crippen LogP contribution in [0.1, 0.15) is 12.5 Å². The molecule has 0 fully saturated rings. The number of para-hydroxylation sites is 1. The number of halogens is 1. The molecule has 1 atom stereocenters. The lowest BCUT2D eigenvalue weighted by Crippen LogP contribution is -2.43. The largest absolute Gasteiger partial charge is 0.320 e. The SMILES string of the molecule is C[C@@H](N)C(=O)N(CCc1ccccc1)c1ccccc1.Cl. The molecule has 2 N–H and O–H groups in total. The van der Waals surface area contributed by atoms with Gasteiger partial charge in [0.1, 0.15) is 0 Å². The second kappa shape index (κ2) is 8.45. The molecule has 0 bridgehead atoms. The number of amides is 1. The van der Waals surface area contributed by atoms with Gasteiger partial charge in [-0.15, -0.1) is 12.4 Å². The van der Waals surface area contributed by atoms with Crippen molar-refractivity contribution >= 4 is 24.0 Å². The highest BCUT2D eigenvalue weighted by molar-refractivity contribution is 5.96. The Kier molecular flexibility index (Phi) is 6.92. The van der Waals surface area contributed by atoms with Crippen molar-refractivity contribution in [1.82, 2.24) is 0 Å². The first kappa shape index (κ1) is 17.2. The van der Waals surface area contributed by atoms with Crippen LogP contribution in [0.15, 0.2) is 60.7 Å². The smallest absolute Gasteiger partial charge is 0.243 e. The molecule has 0 saturated heterocycles. The van der Waals surface area contributed by atoms with Gasteiger partial charge in [-0.2, -0.15) is 0 Å². The summed E-state index contributed by atoms with van der Waals surface area (Å²) in [6.07, 6.45) is 0.814. The maximum atomic E-state index is 12.3. The van der Waals surface area contributed by atoms with E-state index in [9.17, 15) is 4.79 Å². The van der Waals surface area contributed by atoms with Crippen LogP contribution in [0.4, 0.5) is 5.69 Å². The summed E-state index contributed by atoms with van der Waals surface area (Å²) < 4.78 is 0. The number of benzene rings is 2. The van der Waals surface area contributed by atoms with Crippen molar-refractivity contribution < 1.29 is 4.79 Å². The number of nitrogens with zero attached hydrogens (tertiary/aromatic N) is 1. The minimum absolute atomic E-state index is 0. The van der Waals surface area contributed by atoms with Gasteiger partial charge in [0, 0.05) is 12.2 Å². The van der Waals surface area contributed by atoms with Crippen molar-refractivity contribution in [3.8, 4) is 0 Å². The molecule has 0 heterocycles. The third-order valence-corrected chi connectivity index (χ3v) is 3.19. The van der Waals surface area contributed by atoms with E-state index in [2.05, 4.69) is 12.1 Å². The highest BCUT2D eigenvalue weighted by Gasteiger charge is 2.18. The first-order chi connectivity index (χ1) is 9.68. The molecule has 0 unspecified atom stereocenters. The quantitative estimate of drug-likeness (QED) is 0.923. The average molecular weight is 305 g/mol. The van der Waals surface area contributed by atoms with E-state index in [-0.39, 0.29) is 18.3 Å². The number of anilines is 1. The second-order valence-corrected chi connectivity index (χ2v) is 4.85. The molecule has 21 heavy (non-hydrogen) atoms. The normalized spacial score (nSPS) is 11.3. The summed E-state index contributed by atoms with van der Waals surface area (Å²) in [5.41, 5.74) is 7.86. The average Bonchev–Trinajstić information content (AvgIpc) is 2.49. The molecule has 2 rings (SSSR count). The van der Waals surface area contributed by atoms with Gasteiger partial charge < -0.3 is 10.6 Å². The standard InChI is InChI=1S/C17H20N2O.ClH/c1-14(18)17(20)19(16-10-6-3-7-11-16)13-12-15-8-4-2-5-9-15;/h2-11,14H,12-13,18H2,1H3;1H/t14-;/m1./s1. The van der Waals surface area contributed by atoms with E-state index in [1.807, 2.05) is 48.5 Å². The Morgan fingerprint density at radius 2 is 1.57 bits per heavy atom. The van der Waals surface area contributed by atoms with E-state index in [1.54, 1.807) is 11.8 Å².